The summed E-state index contributed by atoms with van der Waals surface area (Å²) in [6.45, 7) is 4.39. The summed E-state index contributed by atoms with van der Waals surface area (Å²) in [7, 11) is 8.41. The molecule has 1 aliphatic heterocycles. The molecule has 0 radical (unpaired) electrons. The third kappa shape index (κ3) is 3.14. The van der Waals surface area contributed by atoms with Crippen molar-refractivity contribution in [3.8, 4) is 28.4 Å². The predicted molar refractivity (Wildman–Crippen MR) is 116 cm³/mol. The van der Waals surface area contributed by atoms with Crippen LogP contribution in [0.5, 0.6) is 17.2 Å². The molecule has 2 heterocycles. The first-order valence-electron chi connectivity index (χ1n) is 8.84. The number of hydrogen-bond acceptors (Lipinski definition) is 7. The zero-order chi connectivity index (χ0) is 19.9. The van der Waals surface area contributed by atoms with Crippen LogP contribution in [0.15, 0.2) is 41.4 Å². The molecule has 0 aliphatic carbocycles. The van der Waals surface area contributed by atoms with E-state index >= 15 is 0 Å². The van der Waals surface area contributed by atoms with Crippen LogP contribution in [0.1, 0.15) is 18.7 Å². The van der Waals surface area contributed by atoms with Crippen LogP contribution in [0, 0.1) is 0 Å². The quantitative estimate of drug-likeness (QED) is 0.581. The number of methoxy groups -OCH3 is 3. The van der Waals surface area contributed by atoms with Gasteiger partial charge in [-0.3, -0.25) is 0 Å². The summed E-state index contributed by atoms with van der Waals surface area (Å²) < 4.78 is 17.3. The van der Waals surface area contributed by atoms with Crippen molar-refractivity contribution in [2.24, 2.45) is 4.99 Å². The van der Waals surface area contributed by atoms with Gasteiger partial charge in [0.2, 0.25) is 0 Å². The van der Waals surface area contributed by atoms with Gasteiger partial charge in [0.05, 0.1) is 31.7 Å². The fourth-order valence-electron chi connectivity index (χ4n) is 3.34. The molecular weight excluding hydrogens is 392 g/mol. The highest BCUT2D eigenvalue weighted by Crippen LogP contribution is 2.46. The molecule has 0 saturated carbocycles. The Bertz CT molecular complexity index is 1100. The van der Waals surface area contributed by atoms with Crippen molar-refractivity contribution >= 4 is 32.1 Å². The number of nitrogens with zero attached hydrogens (tertiary/aromatic N) is 1. The number of ether oxygens (including phenoxy) is 3. The zero-order valence-corrected chi connectivity index (χ0v) is 18.1. The Labute approximate surface area is 171 Å². The van der Waals surface area contributed by atoms with E-state index in [2.05, 4.69) is 31.3 Å². The number of fused-ring (bicyclic) bond motifs is 3. The molecule has 146 valence electrons. The Morgan fingerprint density at radius 3 is 2.32 bits per heavy atom. The number of rotatable bonds is 4. The lowest BCUT2D eigenvalue weighted by atomic mass is 9.90. The fraction of sp³-hybridized carbons (Fsp3) is 0.286. The summed E-state index contributed by atoms with van der Waals surface area (Å²) in [4.78, 5) is 6.23. The van der Waals surface area contributed by atoms with E-state index < -0.39 is 0 Å². The van der Waals surface area contributed by atoms with E-state index in [4.69, 9.17) is 19.2 Å². The second kappa shape index (κ2) is 7.14. The predicted octanol–water partition coefficient (Wildman–Crippen LogP) is 5.40. The van der Waals surface area contributed by atoms with Crippen molar-refractivity contribution in [3.63, 3.8) is 0 Å². The average Bonchev–Trinajstić information content (AvgIpc) is 3.12. The summed E-state index contributed by atoms with van der Waals surface area (Å²) in [6.07, 6.45) is 0. The van der Waals surface area contributed by atoms with Crippen molar-refractivity contribution in [2.75, 3.05) is 26.6 Å². The summed E-state index contributed by atoms with van der Waals surface area (Å²) in [5.74, 6) is 2.29. The molecule has 0 fully saturated rings. The highest BCUT2D eigenvalue weighted by molar-refractivity contribution is 7.68. The highest BCUT2D eigenvalue weighted by atomic mass is 32.9. The topological polar surface area (TPSA) is 52.1 Å². The minimum Gasteiger partial charge on any atom is -0.497 e. The van der Waals surface area contributed by atoms with Crippen LogP contribution in [0.4, 0.5) is 11.4 Å². The maximum absolute atomic E-state index is 5.51. The molecule has 0 unspecified atom stereocenters. The normalized spacial score (nSPS) is 14.7. The summed E-state index contributed by atoms with van der Waals surface area (Å²) in [6, 6.07) is 11.8. The Kier molecular flexibility index (Phi) is 4.81. The molecule has 5 nitrogen and oxygen atoms in total. The molecule has 2 aromatic carbocycles. The third-order valence-corrected chi connectivity index (χ3v) is 7.41. The molecule has 0 atom stereocenters. The minimum absolute atomic E-state index is 0.176. The molecule has 4 rings (SSSR count). The molecule has 0 spiro atoms. The Morgan fingerprint density at radius 1 is 0.893 bits per heavy atom. The van der Waals surface area contributed by atoms with Crippen LogP contribution in [0.3, 0.4) is 0 Å². The van der Waals surface area contributed by atoms with Gasteiger partial charge in [-0.1, -0.05) is 20.7 Å². The van der Waals surface area contributed by atoms with Crippen LogP contribution in [0.2, 0.25) is 0 Å². The standard InChI is InChI=1S/C21H22N2O3S2/c1-21(2)19-18(14-10-12(24-3)6-8-15(14)23-21)20(28-27-19)22-16-11-13(25-4)7-9-17(16)26-5/h6-11,23H,1-5H3. The first kappa shape index (κ1) is 18.8. The lowest BCUT2D eigenvalue weighted by molar-refractivity contribution is 0.404. The first-order chi connectivity index (χ1) is 13.5. The largest absolute Gasteiger partial charge is 0.497 e. The van der Waals surface area contributed by atoms with Crippen molar-refractivity contribution in [1.82, 2.24) is 0 Å². The van der Waals surface area contributed by atoms with Crippen molar-refractivity contribution in [2.45, 2.75) is 19.4 Å². The van der Waals surface area contributed by atoms with Gasteiger partial charge in [-0.25, -0.2) is 4.99 Å². The second-order valence-electron chi connectivity index (χ2n) is 6.99. The van der Waals surface area contributed by atoms with Gasteiger partial charge in [0.25, 0.3) is 0 Å². The molecule has 1 N–H and O–H groups in total. The van der Waals surface area contributed by atoms with Crippen molar-refractivity contribution in [3.05, 3.63) is 45.9 Å². The molecule has 28 heavy (non-hydrogen) atoms. The third-order valence-electron chi connectivity index (χ3n) is 4.76. The molecule has 1 aliphatic rings. The maximum Gasteiger partial charge on any atom is 0.144 e. The number of hydrogen-bond donors (Lipinski definition) is 1. The smallest absolute Gasteiger partial charge is 0.144 e. The molecule has 3 aromatic rings. The second-order valence-corrected chi connectivity index (χ2v) is 9.12. The van der Waals surface area contributed by atoms with Gasteiger partial charge in [-0.2, -0.15) is 0 Å². The Balaban J connectivity index is 1.98. The Hall–Kier alpha value is -2.51. The van der Waals surface area contributed by atoms with Gasteiger partial charge in [0.15, 0.2) is 0 Å². The number of benzene rings is 2. The van der Waals surface area contributed by atoms with E-state index in [1.165, 1.54) is 4.88 Å². The van der Waals surface area contributed by atoms with Gasteiger partial charge in [-0.15, -0.1) is 0 Å². The van der Waals surface area contributed by atoms with Crippen LogP contribution < -0.4 is 24.2 Å². The van der Waals surface area contributed by atoms with E-state index in [0.717, 1.165) is 38.7 Å². The number of nitrogens with one attached hydrogen (secondary N) is 1. The van der Waals surface area contributed by atoms with Gasteiger partial charge in [0.1, 0.15) is 27.6 Å². The minimum atomic E-state index is -0.176. The first-order valence-corrected chi connectivity index (χ1v) is 11.0. The lowest BCUT2D eigenvalue weighted by Gasteiger charge is -2.33. The monoisotopic (exact) mass is 414 g/mol. The van der Waals surface area contributed by atoms with Gasteiger partial charge in [-0.05, 0) is 44.2 Å². The maximum atomic E-state index is 5.51. The lowest BCUT2D eigenvalue weighted by Crippen LogP contribution is -2.31. The van der Waals surface area contributed by atoms with Crippen molar-refractivity contribution in [1.29, 1.82) is 0 Å². The van der Waals surface area contributed by atoms with Crippen LogP contribution >= 0.6 is 20.7 Å². The molecule has 1 aromatic heterocycles. The molecular formula is C21H22N2O3S2. The van der Waals surface area contributed by atoms with E-state index in [9.17, 15) is 0 Å². The zero-order valence-electron chi connectivity index (χ0n) is 16.5. The van der Waals surface area contributed by atoms with E-state index in [1.807, 2.05) is 24.3 Å². The summed E-state index contributed by atoms with van der Waals surface area (Å²) in [5.41, 5.74) is 3.91. The van der Waals surface area contributed by atoms with Gasteiger partial charge in [0, 0.05) is 22.9 Å². The van der Waals surface area contributed by atoms with Crippen molar-refractivity contribution < 1.29 is 14.2 Å². The SMILES string of the molecule is COc1ccc(OC)c(N=c2ssc3c2-c2cc(OC)ccc2NC3(C)C)c1. The summed E-state index contributed by atoms with van der Waals surface area (Å²) in [5, 5.41) is 3.64. The van der Waals surface area contributed by atoms with E-state index in [-0.39, 0.29) is 5.54 Å². The van der Waals surface area contributed by atoms with E-state index in [0.29, 0.717) is 5.75 Å². The Morgan fingerprint density at radius 2 is 1.61 bits per heavy atom. The van der Waals surface area contributed by atoms with E-state index in [1.54, 1.807) is 42.0 Å². The molecule has 0 bridgehead atoms. The highest BCUT2D eigenvalue weighted by Gasteiger charge is 2.33. The van der Waals surface area contributed by atoms with Crippen LogP contribution in [0.25, 0.3) is 11.1 Å². The average molecular weight is 415 g/mol. The fourth-order valence-corrected chi connectivity index (χ4v) is 6.27. The van der Waals surface area contributed by atoms with Gasteiger partial charge >= 0.3 is 0 Å². The number of anilines is 1. The molecule has 0 amide bonds. The van der Waals surface area contributed by atoms with Gasteiger partial charge < -0.3 is 19.5 Å². The summed E-state index contributed by atoms with van der Waals surface area (Å²) >= 11 is 0. The molecule has 0 saturated heterocycles. The van der Waals surface area contributed by atoms with Crippen LogP contribution in [-0.2, 0) is 5.54 Å². The van der Waals surface area contributed by atoms with Crippen LogP contribution in [-0.4, -0.2) is 21.3 Å². The molecule has 7 heteroatoms.